The summed E-state index contributed by atoms with van der Waals surface area (Å²) in [5.74, 6) is -0.0375. The van der Waals surface area contributed by atoms with Crippen molar-refractivity contribution in [3.63, 3.8) is 0 Å². The third-order valence-corrected chi connectivity index (χ3v) is 3.93. The molecule has 3 rings (SSSR count). The fourth-order valence-electron chi connectivity index (χ4n) is 2.86. The smallest absolute Gasteiger partial charge is 0.243 e. The third-order valence-electron chi connectivity index (χ3n) is 3.93. The van der Waals surface area contributed by atoms with Gasteiger partial charge in [0, 0.05) is 31.3 Å². The number of anilines is 2. The second-order valence-corrected chi connectivity index (χ2v) is 5.64. The molecule has 0 radical (unpaired) electrons. The summed E-state index contributed by atoms with van der Waals surface area (Å²) in [5, 5.41) is 2.80. The lowest BCUT2D eigenvalue weighted by molar-refractivity contribution is -0.671. The molecule has 2 heterocycles. The predicted molar refractivity (Wildman–Crippen MR) is 82.2 cm³/mol. The molecule has 1 aromatic carbocycles. The van der Waals surface area contributed by atoms with Crippen LogP contribution in [0.5, 0.6) is 0 Å². The number of hydrogen-bond acceptors (Lipinski definition) is 2. The molecule has 1 aliphatic rings. The van der Waals surface area contributed by atoms with Crippen LogP contribution < -0.4 is 14.8 Å². The Morgan fingerprint density at radius 1 is 1.33 bits per heavy atom. The molecule has 0 aliphatic carbocycles. The van der Waals surface area contributed by atoms with Crippen LogP contribution in [0.25, 0.3) is 0 Å². The number of hydrogen-bond donors (Lipinski definition) is 1. The normalized spacial score (nSPS) is 18.0. The highest BCUT2D eigenvalue weighted by Crippen LogP contribution is 2.27. The van der Waals surface area contributed by atoms with E-state index in [4.69, 9.17) is 0 Å². The fourth-order valence-corrected chi connectivity index (χ4v) is 2.86. The molecule has 5 nitrogen and oxygen atoms in total. The first-order valence-electron chi connectivity index (χ1n) is 7.27. The highest BCUT2D eigenvalue weighted by molar-refractivity contribution is 5.88. The van der Waals surface area contributed by atoms with E-state index < -0.39 is 0 Å². The summed E-state index contributed by atoms with van der Waals surface area (Å²) in [6, 6.07) is 8.59. The van der Waals surface area contributed by atoms with E-state index in [1.165, 1.54) is 12.6 Å². The van der Waals surface area contributed by atoms with Crippen LogP contribution in [-0.4, -0.2) is 23.6 Å². The molecule has 110 valence electrons. The maximum atomic E-state index is 11.0. The van der Waals surface area contributed by atoms with Gasteiger partial charge < -0.3 is 10.2 Å². The molecular formula is C16H21N4O+. The summed E-state index contributed by atoms with van der Waals surface area (Å²) in [6.45, 7) is 3.61. The van der Waals surface area contributed by atoms with Crippen molar-refractivity contribution in [2.45, 2.75) is 19.4 Å². The maximum absolute atomic E-state index is 11.0. The van der Waals surface area contributed by atoms with Gasteiger partial charge >= 0.3 is 0 Å². The lowest BCUT2D eigenvalue weighted by atomic mass is 10.2. The zero-order chi connectivity index (χ0) is 14.8. The molecule has 2 aromatic rings. The summed E-state index contributed by atoms with van der Waals surface area (Å²) in [5.41, 5.74) is 2.06. The van der Waals surface area contributed by atoms with Crippen molar-refractivity contribution in [3.8, 4) is 0 Å². The Bertz CT molecular complexity index is 632. The van der Waals surface area contributed by atoms with Gasteiger partial charge in [-0.25, -0.2) is 9.13 Å². The van der Waals surface area contributed by atoms with Crippen LogP contribution >= 0.6 is 0 Å². The molecule has 1 atom stereocenters. The molecule has 1 aromatic heterocycles. The highest BCUT2D eigenvalue weighted by atomic mass is 16.1. The zero-order valence-corrected chi connectivity index (χ0v) is 12.5. The molecule has 1 fully saturated rings. The predicted octanol–water partition coefficient (Wildman–Crippen LogP) is 1.72. The van der Waals surface area contributed by atoms with Gasteiger partial charge in [0.2, 0.25) is 12.2 Å². The first-order chi connectivity index (χ1) is 10.1. The number of carbonyl (C=O) groups excluding carboxylic acids is 1. The monoisotopic (exact) mass is 285 g/mol. The average molecular weight is 285 g/mol. The van der Waals surface area contributed by atoms with E-state index in [1.807, 2.05) is 19.2 Å². The number of benzene rings is 1. The van der Waals surface area contributed by atoms with Crippen LogP contribution in [0.3, 0.4) is 0 Å². The highest BCUT2D eigenvalue weighted by Gasteiger charge is 2.27. The van der Waals surface area contributed by atoms with Crippen LogP contribution in [-0.2, 0) is 11.8 Å². The van der Waals surface area contributed by atoms with Crippen molar-refractivity contribution in [1.82, 2.24) is 4.57 Å². The molecular weight excluding hydrogens is 264 g/mol. The van der Waals surface area contributed by atoms with Crippen molar-refractivity contribution in [2.75, 3.05) is 23.3 Å². The first-order valence-corrected chi connectivity index (χ1v) is 7.27. The summed E-state index contributed by atoms with van der Waals surface area (Å²) < 4.78 is 4.36. The van der Waals surface area contributed by atoms with E-state index in [2.05, 4.69) is 50.2 Å². The number of aromatic nitrogens is 2. The topological polar surface area (TPSA) is 41.2 Å². The molecule has 5 heteroatoms. The van der Waals surface area contributed by atoms with Gasteiger partial charge in [0.05, 0.1) is 13.6 Å². The molecule has 0 saturated carbocycles. The Balaban J connectivity index is 1.67. The number of amides is 1. The Labute approximate surface area is 124 Å². The second kappa shape index (κ2) is 5.60. The SMILES string of the molecule is CC(=O)Nc1ccc(N2CCC(n3cc[n+](C)c3)C2)cc1. The summed E-state index contributed by atoms with van der Waals surface area (Å²) >= 11 is 0. The van der Waals surface area contributed by atoms with Crippen LogP contribution in [0.15, 0.2) is 43.0 Å². The van der Waals surface area contributed by atoms with Crippen molar-refractivity contribution >= 4 is 17.3 Å². The van der Waals surface area contributed by atoms with Crippen molar-refractivity contribution in [3.05, 3.63) is 43.0 Å². The van der Waals surface area contributed by atoms with Crippen molar-refractivity contribution in [1.29, 1.82) is 0 Å². The number of nitrogens with one attached hydrogen (secondary N) is 1. The van der Waals surface area contributed by atoms with Gasteiger partial charge in [0.25, 0.3) is 0 Å². The minimum atomic E-state index is -0.0375. The van der Waals surface area contributed by atoms with Gasteiger partial charge in [-0.3, -0.25) is 4.79 Å². The zero-order valence-electron chi connectivity index (χ0n) is 12.5. The lowest BCUT2D eigenvalue weighted by Crippen LogP contribution is -2.25. The van der Waals surface area contributed by atoms with Gasteiger partial charge in [-0.1, -0.05) is 0 Å². The van der Waals surface area contributed by atoms with Gasteiger partial charge in [-0.05, 0) is 24.3 Å². The molecule has 0 spiro atoms. The van der Waals surface area contributed by atoms with E-state index in [0.717, 1.165) is 25.2 Å². The first kappa shape index (κ1) is 13.7. The number of rotatable bonds is 3. The number of nitrogens with zero attached hydrogens (tertiary/aromatic N) is 3. The van der Waals surface area contributed by atoms with Gasteiger partial charge in [-0.15, -0.1) is 0 Å². The minimum Gasteiger partial charge on any atom is -0.367 e. The van der Waals surface area contributed by atoms with Gasteiger partial charge in [0.15, 0.2) is 0 Å². The minimum absolute atomic E-state index is 0.0375. The molecule has 0 bridgehead atoms. The summed E-state index contributed by atoms with van der Waals surface area (Å²) in [7, 11) is 2.05. The van der Waals surface area contributed by atoms with Gasteiger partial charge in [0.1, 0.15) is 18.4 Å². The lowest BCUT2D eigenvalue weighted by Gasteiger charge is -2.18. The second-order valence-electron chi connectivity index (χ2n) is 5.64. The summed E-state index contributed by atoms with van der Waals surface area (Å²) in [6.07, 6.45) is 7.50. The van der Waals surface area contributed by atoms with E-state index in [-0.39, 0.29) is 5.91 Å². The van der Waals surface area contributed by atoms with Crippen molar-refractivity contribution < 1.29 is 9.36 Å². The fraction of sp³-hybridized carbons (Fsp3) is 0.375. The molecule has 1 amide bonds. The summed E-state index contributed by atoms with van der Waals surface area (Å²) in [4.78, 5) is 13.4. The quantitative estimate of drug-likeness (QED) is 0.873. The number of carbonyl (C=O) groups is 1. The standard InChI is InChI=1S/C16H20N4O/c1-13(21)17-14-3-5-15(6-4-14)19-8-7-16(11-19)20-10-9-18(2)12-20/h3-6,9-10,12,16H,7-8,11H2,1-2H3/p+1. The molecule has 1 N–H and O–H groups in total. The maximum Gasteiger partial charge on any atom is 0.243 e. The Morgan fingerprint density at radius 3 is 2.71 bits per heavy atom. The van der Waals surface area contributed by atoms with Crippen LogP contribution in [0.2, 0.25) is 0 Å². The van der Waals surface area contributed by atoms with E-state index >= 15 is 0 Å². The molecule has 1 aliphatic heterocycles. The third kappa shape index (κ3) is 3.07. The largest absolute Gasteiger partial charge is 0.367 e. The Kier molecular flexibility index (Phi) is 3.64. The Morgan fingerprint density at radius 2 is 2.10 bits per heavy atom. The van der Waals surface area contributed by atoms with Crippen LogP contribution in [0.4, 0.5) is 11.4 Å². The number of imidazole rings is 1. The average Bonchev–Trinajstić information content (AvgIpc) is 3.07. The molecule has 1 saturated heterocycles. The van der Waals surface area contributed by atoms with E-state index in [1.54, 1.807) is 0 Å². The van der Waals surface area contributed by atoms with Gasteiger partial charge in [-0.2, -0.15) is 0 Å². The van der Waals surface area contributed by atoms with Crippen LogP contribution in [0, 0.1) is 0 Å². The van der Waals surface area contributed by atoms with Crippen molar-refractivity contribution in [2.24, 2.45) is 7.05 Å². The molecule has 21 heavy (non-hydrogen) atoms. The Hall–Kier alpha value is -2.30. The van der Waals surface area contributed by atoms with E-state index in [9.17, 15) is 4.79 Å². The van der Waals surface area contributed by atoms with Crippen LogP contribution in [0.1, 0.15) is 19.4 Å². The number of aryl methyl sites for hydroxylation is 1. The van der Waals surface area contributed by atoms with E-state index in [0.29, 0.717) is 6.04 Å². The molecule has 1 unspecified atom stereocenters.